The van der Waals surface area contributed by atoms with Gasteiger partial charge in [0.05, 0.1) is 17.9 Å². The third kappa shape index (κ3) is 5.02. The van der Waals surface area contributed by atoms with E-state index in [1.54, 1.807) is 23.1 Å². The van der Waals surface area contributed by atoms with E-state index in [2.05, 4.69) is 15.5 Å². The predicted molar refractivity (Wildman–Crippen MR) is 114 cm³/mol. The second-order valence-corrected chi connectivity index (χ2v) is 7.51. The summed E-state index contributed by atoms with van der Waals surface area (Å²) in [6.07, 6.45) is 2.39. The van der Waals surface area contributed by atoms with E-state index in [-0.39, 0.29) is 23.6 Å². The number of halogens is 1. The number of likely N-dealkylation sites (tertiary alicyclic amines) is 1. The third-order valence-electron chi connectivity index (χ3n) is 5.28. The lowest BCUT2D eigenvalue weighted by Gasteiger charge is -2.32. The number of benzene rings is 2. The fourth-order valence-electron chi connectivity index (χ4n) is 3.80. The molecule has 1 aromatic heterocycles. The largest absolute Gasteiger partial charge is 0.492 e. The lowest BCUT2D eigenvalue weighted by Crippen LogP contribution is -2.42. The summed E-state index contributed by atoms with van der Waals surface area (Å²) in [6, 6.07) is 13.6. The first-order chi connectivity index (χ1) is 15.1. The number of carbonyl (C=O) groups is 1. The summed E-state index contributed by atoms with van der Waals surface area (Å²) in [5.41, 5.74) is 0.970. The van der Waals surface area contributed by atoms with Crippen molar-refractivity contribution in [3.63, 3.8) is 0 Å². The molecular formula is C23H25FN4O3. The van der Waals surface area contributed by atoms with Gasteiger partial charge in [-0.05, 0) is 49.9 Å². The molecule has 3 aromatic rings. The fourth-order valence-corrected chi connectivity index (χ4v) is 3.80. The maximum Gasteiger partial charge on any atom is 0.321 e. The van der Waals surface area contributed by atoms with Gasteiger partial charge in [0, 0.05) is 19.5 Å². The molecule has 31 heavy (non-hydrogen) atoms. The van der Waals surface area contributed by atoms with Crippen LogP contribution in [0.4, 0.5) is 14.9 Å². The number of rotatable bonds is 6. The Morgan fingerprint density at radius 2 is 2.06 bits per heavy atom. The number of nitrogens with zero attached hydrogens (tertiary/aromatic N) is 3. The number of urea groups is 1. The smallest absolute Gasteiger partial charge is 0.321 e. The number of hydrogen-bond donors (Lipinski definition) is 1. The molecule has 2 aromatic carbocycles. The highest BCUT2D eigenvalue weighted by molar-refractivity contribution is 5.91. The first-order valence-corrected chi connectivity index (χ1v) is 10.5. The van der Waals surface area contributed by atoms with Crippen molar-refractivity contribution in [2.24, 2.45) is 5.92 Å². The van der Waals surface area contributed by atoms with Crippen LogP contribution < -0.4 is 10.1 Å². The molecule has 4 rings (SSSR count). The van der Waals surface area contributed by atoms with Gasteiger partial charge >= 0.3 is 6.03 Å². The van der Waals surface area contributed by atoms with Crippen molar-refractivity contribution in [3.8, 4) is 17.1 Å². The number of piperidine rings is 1. The molecule has 1 saturated heterocycles. The summed E-state index contributed by atoms with van der Waals surface area (Å²) in [5, 5.41) is 6.87. The Morgan fingerprint density at radius 3 is 2.90 bits per heavy atom. The molecular weight excluding hydrogens is 399 g/mol. The Kier molecular flexibility index (Phi) is 6.45. The second kappa shape index (κ2) is 9.59. The van der Waals surface area contributed by atoms with Crippen LogP contribution in [0.15, 0.2) is 53.1 Å². The van der Waals surface area contributed by atoms with Crippen LogP contribution in [0, 0.1) is 11.7 Å². The molecule has 7 nitrogen and oxygen atoms in total. The van der Waals surface area contributed by atoms with Gasteiger partial charge < -0.3 is 19.5 Å². The lowest BCUT2D eigenvalue weighted by molar-refractivity contribution is 0.173. The van der Waals surface area contributed by atoms with Crippen molar-refractivity contribution in [2.75, 3.05) is 25.0 Å². The average molecular weight is 424 g/mol. The molecule has 0 bridgehead atoms. The number of aromatic nitrogens is 2. The summed E-state index contributed by atoms with van der Waals surface area (Å²) in [6.45, 7) is 3.70. The van der Waals surface area contributed by atoms with E-state index >= 15 is 0 Å². The molecule has 0 saturated carbocycles. The van der Waals surface area contributed by atoms with E-state index in [0.717, 1.165) is 12.8 Å². The van der Waals surface area contributed by atoms with Gasteiger partial charge in [-0.25, -0.2) is 9.18 Å². The number of anilines is 1. The molecule has 2 heterocycles. The van der Waals surface area contributed by atoms with Crippen LogP contribution >= 0.6 is 0 Å². The van der Waals surface area contributed by atoms with Crippen LogP contribution in [0.2, 0.25) is 0 Å². The van der Waals surface area contributed by atoms with Gasteiger partial charge in [-0.2, -0.15) is 4.98 Å². The van der Waals surface area contributed by atoms with Gasteiger partial charge in [-0.3, -0.25) is 0 Å². The van der Waals surface area contributed by atoms with Crippen molar-refractivity contribution in [1.29, 1.82) is 0 Å². The number of nitrogens with one attached hydrogen (secondary N) is 1. The number of para-hydroxylation sites is 2. The molecule has 2 amide bonds. The normalized spacial score (nSPS) is 16.2. The first kappa shape index (κ1) is 20.8. The number of carbonyl (C=O) groups excluding carboxylic acids is 1. The van der Waals surface area contributed by atoms with Gasteiger partial charge in [-0.1, -0.05) is 29.4 Å². The molecule has 1 aliphatic heterocycles. The molecule has 0 aliphatic carbocycles. The highest BCUT2D eigenvalue weighted by Crippen LogP contribution is 2.26. The Balaban J connectivity index is 1.38. The summed E-state index contributed by atoms with van der Waals surface area (Å²) in [4.78, 5) is 19.0. The molecule has 0 radical (unpaired) electrons. The monoisotopic (exact) mass is 424 g/mol. The standard InChI is InChI=1S/C23H25FN4O3/c1-2-30-20-12-6-5-11-19(20)25-23(29)28-13-7-8-16(15-28)14-21-26-22(27-31-21)17-9-3-4-10-18(17)24/h3-6,9-12,16H,2,7-8,13-15H2,1H3,(H,25,29). The van der Waals surface area contributed by atoms with Crippen molar-refractivity contribution < 1.29 is 18.4 Å². The quantitative estimate of drug-likeness (QED) is 0.617. The van der Waals surface area contributed by atoms with Crippen LogP contribution in [-0.4, -0.2) is 40.8 Å². The number of hydrogen-bond acceptors (Lipinski definition) is 5. The number of ether oxygens (including phenoxy) is 1. The second-order valence-electron chi connectivity index (χ2n) is 7.51. The number of amides is 2. The van der Waals surface area contributed by atoms with Crippen LogP contribution in [-0.2, 0) is 6.42 Å². The molecule has 1 unspecified atom stereocenters. The SMILES string of the molecule is CCOc1ccccc1NC(=O)N1CCCC(Cc2nc(-c3ccccc3F)no2)C1. The van der Waals surface area contributed by atoms with E-state index in [0.29, 0.717) is 49.0 Å². The van der Waals surface area contributed by atoms with Crippen molar-refractivity contribution >= 4 is 11.7 Å². The molecule has 1 atom stereocenters. The lowest BCUT2D eigenvalue weighted by atomic mass is 9.95. The third-order valence-corrected chi connectivity index (χ3v) is 5.28. The van der Waals surface area contributed by atoms with Gasteiger partial charge in [0.15, 0.2) is 0 Å². The minimum Gasteiger partial charge on any atom is -0.492 e. The molecule has 1 fully saturated rings. The maximum absolute atomic E-state index is 14.0. The Bertz CT molecular complexity index is 1040. The zero-order chi connectivity index (χ0) is 21.6. The molecule has 1 N–H and O–H groups in total. The highest BCUT2D eigenvalue weighted by Gasteiger charge is 2.26. The molecule has 8 heteroatoms. The van der Waals surface area contributed by atoms with Crippen LogP contribution in [0.5, 0.6) is 5.75 Å². The van der Waals surface area contributed by atoms with Crippen LogP contribution in [0.3, 0.4) is 0 Å². The molecule has 1 aliphatic rings. The van der Waals surface area contributed by atoms with Crippen LogP contribution in [0.1, 0.15) is 25.7 Å². The first-order valence-electron chi connectivity index (χ1n) is 10.5. The minimum absolute atomic E-state index is 0.158. The van der Waals surface area contributed by atoms with E-state index < -0.39 is 0 Å². The summed E-state index contributed by atoms with van der Waals surface area (Å²) in [7, 11) is 0. The van der Waals surface area contributed by atoms with Crippen LogP contribution in [0.25, 0.3) is 11.4 Å². The summed E-state index contributed by atoms with van der Waals surface area (Å²) in [5.74, 6) is 1.15. The Morgan fingerprint density at radius 1 is 1.26 bits per heavy atom. The molecule has 162 valence electrons. The highest BCUT2D eigenvalue weighted by atomic mass is 19.1. The van der Waals surface area contributed by atoms with Crippen molar-refractivity contribution in [1.82, 2.24) is 15.0 Å². The van der Waals surface area contributed by atoms with E-state index in [1.807, 2.05) is 31.2 Å². The zero-order valence-corrected chi connectivity index (χ0v) is 17.4. The average Bonchev–Trinajstić information content (AvgIpc) is 3.24. The van der Waals surface area contributed by atoms with E-state index in [4.69, 9.17) is 9.26 Å². The van der Waals surface area contributed by atoms with Crippen molar-refractivity contribution in [3.05, 3.63) is 60.2 Å². The minimum atomic E-state index is -0.386. The maximum atomic E-state index is 14.0. The summed E-state index contributed by atoms with van der Waals surface area (Å²) >= 11 is 0. The predicted octanol–water partition coefficient (Wildman–Crippen LogP) is 4.76. The fraction of sp³-hybridized carbons (Fsp3) is 0.348. The zero-order valence-electron chi connectivity index (χ0n) is 17.4. The Hall–Kier alpha value is -3.42. The Labute approximate surface area is 180 Å². The van der Waals surface area contributed by atoms with Gasteiger partial charge in [0.2, 0.25) is 11.7 Å². The van der Waals surface area contributed by atoms with Gasteiger partial charge in [0.1, 0.15) is 11.6 Å². The van der Waals surface area contributed by atoms with Gasteiger partial charge in [0.25, 0.3) is 0 Å². The topological polar surface area (TPSA) is 80.5 Å². The van der Waals surface area contributed by atoms with Gasteiger partial charge in [-0.15, -0.1) is 0 Å². The van der Waals surface area contributed by atoms with Crippen molar-refractivity contribution in [2.45, 2.75) is 26.2 Å². The summed E-state index contributed by atoms with van der Waals surface area (Å²) < 4.78 is 24.9. The molecule has 0 spiro atoms. The van der Waals surface area contributed by atoms with E-state index in [9.17, 15) is 9.18 Å². The van der Waals surface area contributed by atoms with E-state index in [1.165, 1.54) is 6.07 Å².